The van der Waals surface area contributed by atoms with Gasteiger partial charge in [-0.1, -0.05) is 79.4 Å². The molecule has 0 bridgehead atoms. The van der Waals surface area contributed by atoms with Crippen molar-refractivity contribution in [1.29, 1.82) is 0 Å². The van der Waals surface area contributed by atoms with Crippen LogP contribution in [0, 0.1) is 0 Å². The average molecular weight is 332 g/mol. The number of fused-ring (bicyclic) bond motifs is 1. The molecule has 0 heterocycles. The summed E-state index contributed by atoms with van der Waals surface area (Å²) in [5.41, 5.74) is 1.81. The number of esters is 1. The number of carbonyl (C=O) groups is 1. The lowest BCUT2D eigenvalue weighted by Gasteiger charge is -2.25. The largest absolute Gasteiger partial charge is 0.466 e. The number of aliphatic hydroxyl groups is 1. The summed E-state index contributed by atoms with van der Waals surface area (Å²) < 4.78 is 4.84. The quantitative estimate of drug-likeness (QED) is 0.557. The molecular weight excluding hydrogens is 312 g/mol. The van der Waals surface area contributed by atoms with E-state index in [1.54, 1.807) is 0 Å². The molecule has 0 spiro atoms. The Balaban J connectivity index is 2.12. The Morgan fingerprint density at radius 3 is 2.32 bits per heavy atom. The average Bonchev–Trinajstić information content (AvgIpc) is 2.67. The van der Waals surface area contributed by atoms with Crippen molar-refractivity contribution in [2.24, 2.45) is 0 Å². The van der Waals surface area contributed by atoms with Crippen molar-refractivity contribution >= 4 is 16.7 Å². The van der Waals surface area contributed by atoms with E-state index >= 15 is 0 Å². The summed E-state index contributed by atoms with van der Waals surface area (Å²) in [6, 6.07) is 23.1. The van der Waals surface area contributed by atoms with Crippen LogP contribution < -0.4 is 0 Å². The standard InChI is InChI=1S/C22H20O3/c1-15(22(24)25-2)20(17-10-4-3-5-11-17)21(23)19-14-8-12-16-9-6-7-13-18(16)19/h3-14,20-21,23H,1H2,2H3. The third kappa shape index (κ3) is 3.32. The van der Waals surface area contributed by atoms with Gasteiger partial charge in [-0.2, -0.15) is 0 Å². The molecule has 3 rings (SSSR count). The summed E-state index contributed by atoms with van der Waals surface area (Å²) in [4.78, 5) is 12.1. The lowest BCUT2D eigenvalue weighted by atomic mass is 9.82. The third-order valence-corrected chi connectivity index (χ3v) is 4.44. The molecule has 126 valence electrons. The maximum atomic E-state index is 12.1. The molecule has 25 heavy (non-hydrogen) atoms. The van der Waals surface area contributed by atoms with Crippen LogP contribution in [0.1, 0.15) is 23.1 Å². The van der Waals surface area contributed by atoms with Crippen molar-refractivity contribution in [3.63, 3.8) is 0 Å². The van der Waals surface area contributed by atoms with Gasteiger partial charge in [0.05, 0.1) is 13.2 Å². The molecule has 0 aromatic heterocycles. The zero-order valence-corrected chi connectivity index (χ0v) is 14.1. The van der Waals surface area contributed by atoms with Crippen LogP contribution in [0.3, 0.4) is 0 Å². The molecule has 0 amide bonds. The first-order valence-electron chi connectivity index (χ1n) is 8.11. The molecule has 0 radical (unpaired) electrons. The zero-order chi connectivity index (χ0) is 17.8. The van der Waals surface area contributed by atoms with Crippen molar-refractivity contribution in [1.82, 2.24) is 0 Å². The normalized spacial score (nSPS) is 13.2. The molecule has 0 fully saturated rings. The Kier molecular flexibility index (Phi) is 4.96. The van der Waals surface area contributed by atoms with Crippen LogP contribution in [0.15, 0.2) is 84.9 Å². The van der Waals surface area contributed by atoms with Crippen molar-refractivity contribution < 1.29 is 14.6 Å². The van der Waals surface area contributed by atoms with Crippen LogP contribution >= 0.6 is 0 Å². The summed E-state index contributed by atoms with van der Waals surface area (Å²) in [5.74, 6) is -1.10. The Bertz CT molecular complexity index is 894. The van der Waals surface area contributed by atoms with Crippen molar-refractivity contribution in [2.75, 3.05) is 7.11 Å². The van der Waals surface area contributed by atoms with Crippen LogP contribution in [0.2, 0.25) is 0 Å². The Hall–Kier alpha value is -2.91. The number of hydrogen-bond donors (Lipinski definition) is 1. The smallest absolute Gasteiger partial charge is 0.333 e. The van der Waals surface area contributed by atoms with E-state index in [0.717, 1.165) is 21.9 Å². The van der Waals surface area contributed by atoms with Gasteiger partial charge in [-0.3, -0.25) is 0 Å². The van der Waals surface area contributed by atoms with E-state index in [4.69, 9.17) is 4.74 Å². The number of benzene rings is 3. The first-order valence-corrected chi connectivity index (χ1v) is 8.11. The number of carbonyl (C=O) groups excluding carboxylic acids is 1. The molecule has 3 nitrogen and oxygen atoms in total. The number of hydrogen-bond acceptors (Lipinski definition) is 3. The van der Waals surface area contributed by atoms with E-state index in [2.05, 4.69) is 6.58 Å². The second-order valence-corrected chi connectivity index (χ2v) is 5.92. The van der Waals surface area contributed by atoms with E-state index in [1.165, 1.54) is 7.11 Å². The monoisotopic (exact) mass is 332 g/mol. The lowest BCUT2D eigenvalue weighted by Crippen LogP contribution is -2.19. The first kappa shape index (κ1) is 16.9. The topological polar surface area (TPSA) is 46.5 Å². The maximum absolute atomic E-state index is 12.1. The maximum Gasteiger partial charge on any atom is 0.333 e. The van der Waals surface area contributed by atoms with E-state index in [1.807, 2.05) is 72.8 Å². The van der Waals surface area contributed by atoms with Gasteiger partial charge in [-0.05, 0) is 21.9 Å². The fraction of sp³-hybridized carbons (Fsp3) is 0.136. The van der Waals surface area contributed by atoms with Crippen molar-refractivity contribution in [3.8, 4) is 0 Å². The van der Waals surface area contributed by atoms with E-state index in [0.29, 0.717) is 0 Å². The molecule has 0 saturated carbocycles. The third-order valence-electron chi connectivity index (χ3n) is 4.44. The summed E-state index contributed by atoms with van der Waals surface area (Å²) in [6.07, 6.45) is -0.917. The summed E-state index contributed by atoms with van der Waals surface area (Å²) in [6.45, 7) is 3.89. The van der Waals surface area contributed by atoms with Crippen molar-refractivity contribution in [3.05, 3.63) is 96.1 Å². The predicted octanol–water partition coefficient (Wildman–Crippen LogP) is 4.39. The molecule has 1 N–H and O–H groups in total. The van der Waals surface area contributed by atoms with Crippen LogP contribution in [-0.2, 0) is 9.53 Å². The van der Waals surface area contributed by atoms with Gasteiger partial charge in [-0.25, -0.2) is 4.79 Å². The van der Waals surface area contributed by atoms with E-state index < -0.39 is 18.0 Å². The minimum Gasteiger partial charge on any atom is -0.466 e. The molecule has 3 aromatic rings. The number of aliphatic hydroxyl groups excluding tert-OH is 1. The summed E-state index contributed by atoms with van der Waals surface area (Å²) in [7, 11) is 1.32. The highest BCUT2D eigenvalue weighted by Gasteiger charge is 2.30. The Labute approximate surface area is 147 Å². The van der Waals surface area contributed by atoms with Gasteiger partial charge in [0.25, 0.3) is 0 Å². The predicted molar refractivity (Wildman–Crippen MR) is 99.2 cm³/mol. The molecule has 0 aliphatic rings. The van der Waals surface area contributed by atoms with Gasteiger partial charge in [0.15, 0.2) is 0 Å². The molecular formula is C22H20O3. The van der Waals surface area contributed by atoms with Crippen LogP contribution in [0.4, 0.5) is 0 Å². The minimum atomic E-state index is -0.917. The summed E-state index contributed by atoms with van der Waals surface area (Å²) >= 11 is 0. The highest BCUT2D eigenvalue weighted by molar-refractivity contribution is 5.90. The van der Waals surface area contributed by atoms with Gasteiger partial charge in [0.1, 0.15) is 0 Å². The minimum absolute atomic E-state index is 0.231. The highest BCUT2D eigenvalue weighted by atomic mass is 16.5. The highest BCUT2D eigenvalue weighted by Crippen LogP contribution is 2.39. The molecule has 2 atom stereocenters. The van der Waals surface area contributed by atoms with Gasteiger partial charge >= 0.3 is 5.97 Å². The fourth-order valence-electron chi connectivity index (χ4n) is 3.18. The van der Waals surface area contributed by atoms with Crippen LogP contribution in [0.5, 0.6) is 0 Å². The Morgan fingerprint density at radius 2 is 1.60 bits per heavy atom. The molecule has 0 aliphatic carbocycles. The van der Waals surface area contributed by atoms with Gasteiger partial charge in [0.2, 0.25) is 0 Å². The molecule has 3 aromatic carbocycles. The van der Waals surface area contributed by atoms with Crippen molar-refractivity contribution in [2.45, 2.75) is 12.0 Å². The SMILES string of the molecule is C=C(C(=O)OC)C(c1ccccc1)C(O)c1cccc2ccccc12. The van der Waals surface area contributed by atoms with E-state index in [-0.39, 0.29) is 5.57 Å². The Morgan fingerprint density at radius 1 is 0.960 bits per heavy atom. The fourth-order valence-corrected chi connectivity index (χ4v) is 3.18. The van der Waals surface area contributed by atoms with E-state index in [9.17, 15) is 9.90 Å². The van der Waals surface area contributed by atoms with Gasteiger partial charge < -0.3 is 9.84 Å². The second kappa shape index (κ2) is 7.32. The second-order valence-electron chi connectivity index (χ2n) is 5.92. The number of methoxy groups -OCH3 is 1. The van der Waals surface area contributed by atoms with Gasteiger partial charge in [-0.15, -0.1) is 0 Å². The molecule has 0 aliphatic heterocycles. The summed E-state index contributed by atoms with van der Waals surface area (Å²) in [5, 5.41) is 13.2. The molecule has 2 unspecified atom stereocenters. The van der Waals surface area contributed by atoms with Crippen LogP contribution in [-0.4, -0.2) is 18.2 Å². The van der Waals surface area contributed by atoms with Crippen LogP contribution in [0.25, 0.3) is 10.8 Å². The van der Waals surface area contributed by atoms with Gasteiger partial charge in [0, 0.05) is 11.5 Å². The number of rotatable bonds is 5. The zero-order valence-electron chi connectivity index (χ0n) is 14.1. The molecule has 0 saturated heterocycles. The molecule has 3 heteroatoms. The lowest BCUT2D eigenvalue weighted by molar-refractivity contribution is -0.136. The first-order chi connectivity index (χ1) is 12.1. The number of ether oxygens (including phenoxy) is 1.